The Morgan fingerprint density at radius 1 is 1.31 bits per heavy atom. The zero-order valence-corrected chi connectivity index (χ0v) is 7.82. The van der Waals surface area contributed by atoms with E-state index in [4.69, 9.17) is 0 Å². The van der Waals surface area contributed by atoms with Crippen LogP contribution in [-0.4, -0.2) is 16.6 Å². The van der Waals surface area contributed by atoms with Crippen LogP contribution in [0.25, 0.3) is 0 Å². The fourth-order valence-electron chi connectivity index (χ4n) is 0.925. The van der Waals surface area contributed by atoms with Crippen molar-refractivity contribution in [1.29, 1.82) is 0 Å². The molecule has 0 aliphatic heterocycles. The van der Waals surface area contributed by atoms with E-state index in [0.717, 1.165) is 0 Å². The third kappa shape index (κ3) is 2.88. The predicted molar refractivity (Wildman–Crippen MR) is 48.3 cm³/mol. The average molecular weight is 204 g/mol. The van der Waals surface area contributed by atoms with Crippen LogP contribution in [0.5, 0.6) is 0 Å². The summed E-state index contributed by atoms with van der Waals surface area (Å²) in [5.41, 5.74) is 0. The summed E-state index contributed by atoms with van der Waals surface area (Å²) in [6.45, 7) is -0.514. The van der Waals surface area contributed by atoms with Crippen LogP contribution in [0, 0.1) is 5.82 Å². The molecule has 0 aliphatic carbocycles. The van der Waals surface area contributed by atoms with E-state index in [-0.39, 0.29) is 17.1 Å². The SMILES string of the molecule is O=S(CCCF)c1ccccc1F. The lowest BCUT2D eigenvalue weighted by atomic mass is 10.3. The van der Waals surface area contributed by atoms with Crippen LogP contribution >= 0.6 is 0 Å². The molecule has 1 aromatic rings. The minimum Gasteiger partial charge on any atom is -0.254 e. The molecule has 72 valence electrons. The van der Waals surface area contributed by atoms with Crippen molar-refractivity contribution in [2.24, 2.45) is 0 Å². The highest BCUT2D eigenvalue weighted by Crippen LogP contribution is 2.12. The van der Waals surface area contributed by atoms with E-state index in [2.05, 4.69) is 0 Å². The van der Waals surface area contributed by atoms with Gasteiger partial charge in [-0.3, -0.25) is 8.60 Å². The van der Waals surface area contributed by atoms with Gasteiger partial charge in [-0.15, -0.1) is 0 Å². The first-order valence-electron chi connectivity index (χ1n) is 3.94. The van der Waals surface area contributed by atoms with E-state index in [1.54, 1.807) is 6.07 Å². The highest BCUT2D eigenvalue weighted by Gasteiger charge is 2.07. The molecule has 0 amide bonds. The highest BCUT2D eigenvalue weighted by molar-refractivity contribution is 7.85. The van der Waals surface area contributed by atoms with Gasteiger partial charge in [0.25, 0.3) is 0 Å². The molecule has 0 saturated heterocycles. The fourth-order valence-corrected chi connectivity index (χ4v) is 2.03. The van der Waals surface area contributed by atoms with Gasteiger partial charge in [0.2, 0.25) is 0 Å². The first kappa shape index (κ1) is 10.3. The molecule has 0 N–H and O–H groups in total. The van der Waals surface area contributed by atoms with Gasteiger partial charge in [0.1, 0.15) is 5.82 Å². The van der Waals surface area contributed by atoms with Gasteiger partial charge >= 0.3 is 0 Å². The molecule has 0 bridgehead atoms. The van der Waals surface area contributed by atoms with Crippen LogP contribution in [-0.2, 0) is 10.8 Å². The van der Waals surface area contributed by atoms with Gasteiger partial charge in [-0.1, -0.05) is 12.1 Å². The predicted octanol–water partition coefficient (Wildman–Crippen LogP) is 2.29. The molecule has 4 heteroatoms. The molecular weight excluding hydrogens is 194 g/mol. The molecule has 0 heterocycles. The second kappa shape index (κ2) is 5.07. The van der Waals surface area contributed by atoms with E-state index in [1.165, 1.54) is 18.2 Å². The highest BCUT2D eigenvalue weighted by atomic mass is 32.2. The maximum Gasteiger partial charge on any atom is 0.139 e. The Kier molecular flexibility index (Phi) is 4.02. The summed E-state index contributed by atoms with van der Waals surface area (Å²) >= 11 is 0. The van der Waals surface area contributed by atoms with Gasteiger partial charge in [0.05, 0.1) is 22.4 Å². The second-order valence-electron chi connectivity index (χ2n) is 2.52. The molecule has 0 fully saturated rings. The lowest BCUT2D eigenvalue weighted by Gasteiger charge is -2.00. The maximum atomic E-state index is 13.0. The molecule has 1 nitrogen and oxygen atoms in total. The van der Waals surface area contributed by atoms with Gasteiger partial charge in [-0.05, 0) is 18.6 Å². The Labute approximate surface area is 78.2 Å². The monoisotopic (exact) mass is 204 g/mol. The molecule has 0 saturated carbocycles. The summed E-state index contributed by atoms with van der Waals surface area (Å²) in [6, 6.07) is 5.86. The Bertz CT molecular complexity index is 301. The zero-order chi connectivity index (χ0) is 9.68. The fraction of sp³-hybridized carbons (Fsp3) is 0.333. The molecule has 0 spiro atoms. The molecule has 1 atom stereocenters. The van der Waals surface area contributed by atoms with Crippen molar-refractivity contribution in [2.45, 2.75) is 11.3 Å². The quantitative estimate of drug-likeness (QED) is 0.735. The van der Waals surface area contributed by atoms with Crippen molar-refractivity contribution in [2.75, 3.05) is 12.4 Å². The van der Waals surface area contributed by atoms with Gasteiger partial charge < -0.3 is 0 Å². The van der Waals surface area contributed by atoms with Crippen LogP contribution in [0.4, 0.5) is 8.78 Å². The minimum absolute atomic E-state index is 0.163. The van der Waals surface area contributed by atoms with Crippen LogP contribution < -0.4 is 0 Å². The van der Waals surface area contributed by atoms with Crippen LogP contribution in [0.2, 0.25) is 0 Å². The summed E-state index contributed by atoms with van der Waals surface area (Å²) in [7, 11) is -1.41. The van der Waals surface area contributed by atoms with Crippen LogP contribution in [0.3, 0.4) is 0 Å². The van der Waals surface area contributed by atoms with Gasteiger partial charge in [0.15, 0.2) is 0 Å². The van der Waals surface area contributed by atoms with E-state index >= 15 is 0 Å². The summed E-state index contributed by atoms with van der Waals surface area (Å²) in [6.07, 6.45) is 0.209. The minimum atomic E-state index is -1.41. The van der Waals surface area contributed by atoms with Gasteiger partial charge in [0, 0.05) is 5.75 Å². The smallest absolute Gasteiger partial charge is 0.139 e. The van der Waals surface area contributed by atoms with Crippen molar-refractivity contribution in [3.63, 3.8) is 0 Å². The lowest BCUT2D eigenvalue weighted by molar-refractivity contribution is 0.487. The van der Waals surface area contributed by atoms with E-state index in [1.807, 2.05) is 0 Å². The largest absolute Gasteiger partial charge is 0.254 e. The molecule has 1 unspecified atom stereocenters. The normalized spacial score (nSPS) is 12.8. The molecule has 0 aromatic heterocycles. The zero-order valence-electron chi connectivity index (χ0n) is 7.00. The molecular formula is C9H10F2OS. The molecule has 0 radical (unpaired) electrons. The third-order valence-corrected chi connectivity index (χ3v) is 3.03. The summed E-state index contributed by atoms with van der Waals surface area (Å²) in [5, 5.41) is 0. The number of rotatable bonds is 4. The van der Waals surface area contributed by atoms with E-state index in [9.17, 15) is 13.0 Å². The van der Waals surface area contributed by atoms with Crippen molar-refractivity contribution < 1.29 is 13.0 Å². The summed E-state index contributed by atoms with van der Waals surface area (Å²) in [4.78, 5) is 0.163. The second-order valence-corrected chi connectivity index (χ2v) is 4.06. The van der Waals surface area contributed by atoms with Gasteiger partial charge in [-0.2, -0.15) is 0 Å². The Hall–Kier alpha value is -0.770. The first-order valence-corrected chi connectivity index (χ1v) is 5.26. The van der Waals surface area contributed by atoms with E-state index < -0.39 is 23.3 Å². The van der Waals surface area contributed by atoms with Crippen molar-refractivity contribution in [3.8, 4) is 0 Å². The van der Waals surface area contributed by atoms with E-state index in [0.29, 0.717) is 0 Å². The number of halogens is 2. The average Bonchev–Trinajstić information content (AvgIpc) is 2.15. The van der Waals surface area contributed by atoms with Gasteiger partial charge in [-0.25, -0.2) is 4.39 Å². The Balaban J connectivity index is 2.71. The number of hydrogen-bond acceptors (Lipinski definition) is 1. The summed E-state index contributed by atoms with van der Waals surface area (Å²) < 4.78 is 36.1. The molecule has 1 rings (SSSR count). The Morgan fingerprint density at radius 2 is 2.00 bits per heavy atom. The molecule has 1 aromatic carbocycles. The third-order valence-electron chi connectivity index (χ3n) is 1.55. The van der Waals surface area contributed by atoms with Crippen molar-refractivity contribution >= 4 is 10.8 Å². The number of alkyl halides is 1. The van der Waals surface area contributed by atoms with Crippen LogP contribution in [0.1, 0.15) is 6.42 Å². The molecule has 13 heavy (non-hydrogen) atoms. The van der Waals surface area contributed by atoms with Crippen molar-refractivity contribution in [1.82, 2.24) is 0 Å². The lowest BCUT2D eigenvalue weighted by Crippen LogP contribution is -2.01. The number of hydrogen-bond donors (Lipinski definition) is 0. The summed E-state index contributed by atoms with van der Waals surface area (Å²) in [5.74, 6) is -0.308. The van der Waals surface area contributed by atoms with Crippen LogP contribution in [0.15, 0.2) is 29.2 Å². The molecule has 0 aliphatic rings. The number of benzene rings is 1. The standard InChI is InChI=1S/C9H10F2OS/c10-6-3-7-13(12)9-5-2-1-4-8(9)11/h1-2,4-5H,3,6-7H2. The maximum absolute atomic E-state index is 13.0. The topological polar surface area (TPSA) is 17.1 Å². The Morgan fingerprint density at radius 3 is 2.62 bits per heavy atom. The first-order chi connectivity index (χ1) is 6.25. The van der Waals surface area contributed by atoms with Crippen molar-refractivity contribution in [3.05, 3.63) is 30.1 Å².